The number of nitriles is 1. The quantitative estimate of drug-likeness (QED) is 0.686. The summed E-state index contributed by atoms with van der Waals surface area (Å²) in [5.41, 5.74) is 5.13. The van der Waals surface area contributed by atoms with Crippen LogP contribution in [-0.2, 0) is 5.41 Å². The Labute approximate surface area is 163 Å². The molecule has 2 rings (SSSR count). The number of rotatable bonds is 6. The molecule has 27 heavy (non-hydrogen) atoms. The lowest BCUT2D eigenvalue weighted by atomic mass is 9.74. The van der Waals surface area contributed by atoms with Gasteiger partial charge in [0.15, 0.2) is 0 Å². The zero-order chi connectivity index (χ0) is 20.4. The summed E-state index contributed by atoms with van der Waals surface area (Å²) in [6.45, 7) is 16.2. The molecule has 1 heterocycles. The van der Waals surface area contributed by atoms with E-state index in [9.17, 15) is 5.26 Å². The molecule has 0 aliphatic rings. The lowest BCUT2D eigenvalue weighted by Crippen LogP contribution is -2.28. The fourth-order valence-corrected chi connectivity index (χ4v) is 4.01. The summed E-state index contributed by atoms with van der Waals surface area (Å²) < 4.78 is 6.16. The highest BCUT2D eigenvalue weighted by Crippen LogP contribution is 2.38. The van der Waals surface area contributed by atoms with Gasteiger partial charge in [0.25, 0.3) is 0 Å². The summed E-state index contributed by atoms with van der Waals surface area (Å²) in [6, 6.07) is 6.80. The van der Waals surface area contributed by atoms with Gasteiger partial charge in [0.2, 0.25) is 5.88 Å². The first-order chi connectivity index (χ1) is 12.7. The highest BCUT2D eigenvalue weighted by Gasteiger charge is 2.36. The van der Waals surface area contributed by atoms with E-state index >= 15 is 0 Å². The van der Waals surface area contributed by atoms with Gasteiger partial charge in [0, 0.05) is 5.56 Å². The van der Waals surface area contributed by atoms with Gasteiger partial charge < -0.3 is 4.74 Å². The number of ether oxygens (including phenoxy) is 1. The van der Waals surface area contributed by atoms with Gasteiger partial charge in [-0.2, -0.15) is 10.2 Å². The minimum absolute atomic E-state index is 0.113. The highest BCUT2D eigenvalue weighted by molar-refractivity contribution is 5.53. The van der Waals surface area contributed by atoms with Gasteiger partial charge in [-0.3, -0.25) is 0 Å². The van der Waals surface area contributed by atoms with Crippen LogP contribution in [0.3, 0.4) is 0 Å². The smallest absolute Gasteiger partial charge is 0.220 e. The van der Waals surface area contributed by atoms with E-state index in [1.807, 2.05) is 20.8 Å². The van der Waals surface area contributed by atoms with Gasteiger partial charge >= 0.3 is 0 Å². The van der Waals surface area contributed by atoms with E-state index in [1.165, 1.54) is 5.56 Å². The van der Waals surface area contributed by atoms with Crippen molar-refractivity contribution < 1.29 is 4.74 Å². The molecule has 0 aliphatic carbocycles. The van der Waals surface area contributed by atoms with Crippen LogP contribution in [0.1, 0.15) is 72.9 Å². The molecule has 0 saturated heterocycles. The molecule has 0 spiro atoms. The van der Waals surface area contributed by atoms with E-state index in [0.717, 1.165) is 40.8 Å². The first kappa shape index (κ1) is 20.9. The van der Waals surface area contributed by atoms with Crippen molar-refractivity contribution >= 4 is 0 Å². The summed E-state index contributed by atoms with van der Waals surface area (Å²) >= 11 is 0. The largest absolute Gasteiger partial charge is 0.474 e. The maximum atomic E-state index is 10.2. The van der Waals surface area contributed by atoms with Crippen LogP contribution in [0.5, 0.6) is 5.88 Å². The molecule has 0 saturated carbocycles. The third-order valence-electron chi connectivity index (χ3n) is 5.28. The maximum Gasteiger partial charge on any atom is 0.220 e. The average molecular weight is 366 g/mol. The summed E-state index contributed by atoms with van der Waals surface area (Å²) in [7, 11) is 0. The van der Waals surface area contributed by atoms with Crippen LogP contribution in [0.2, 0.25) is 0 Å². The van der Waals surface area contributed by atoms with Gasteiger partial charge in [0.1, 0.15) is 11.2 Å². The molecule has 4 nitrogen and oxygen atoms in total. The predicted molar refractivity (Wildman–Crippen MR) is 109 cm³/mol. The second kappa shape index (κ2) is 8.08. The van der Waals surface area contributed by atoms with Crippen LogP contribution in [0.15, 0.2) is 12.1 Å². The minimum atomic E-state index is -0.869. The zero-order valence-corrected chi connectivity index (χ0v) is 17.9. The molecule has 0 amide bonds. The molecule has 144 valence electrons. The van der Waals surface area contributed by atoms with Crippen molar-refractivity contribution in [3.05, 3.63) is 51.5 Å². The summed E-state index contributed by atoms with van der Waals surface area (Å²) in [5.74, 6) is 1.22. The second-order valence-electron chi connectivity index (χ2n) is 7.62. The van der Waals surface area contributed by atoms with Gasteiger partial charge in [-0.05, 0) is 71.1 Å². The molecule has 1 unspecified atom stereocenters. The van der Waals surface area contributed by atoms with Crippen molar-refractivity contribution in [3.8, 4) is 11.9 Å². The molecule has 1 atom stereocenters. The number of nitrogens with zero attached hydrogens (tertiary/aromatic N) is 3. The van der Waals surface area contributed by atoms with E-state index in [0.29, 0.717) is 11.7 Å². The van der Waals surface area contributed by atoms with Crippen LogP contribution in [-0.4, -0.2) is 16.1 Å². The van der Waals surface area contributed by atoms with Crippen LogP contribution in [0, 0.1) is 45.9 Å². The molecular formula is C23H31N3O. The molecule has 4 heteroatoms. The molecule has 1 aromatic heterocycles. The van der Waals surface area contributed by atoms with Crippen molar-refractivity contribution in [2.24, 2.45) is 0 Å². The minimum Gasteiger partial charge on any atom is -0.474 e. The Kier molecular flexibility index (Phi) is 6.26. The highest BCUT2D eigenvalue weighted by atomic mass is 16.5. The lowest BCUT2D eigenvalue weighted by Gasteiger charge is -2.29. The van der Waals surface area contributed by atoms with Crippen molar-refractivity contribution in [2.45, 2.75) is 79.8 Å². The molecule has 0 bridgehead atoms. The summed E-state index contributed by atoms with van der Waals surface area (Å²) in [4.78, 5) is 9.23. The Balaban J connectivity index is 2.71. The third-order valence-corrected chi connectivity index (χ3v) is 5.28. The SMILES string of the molecule is CCC(CC)Oc1nc(C)nc(C(C)(C#N)c2c(C)cc(C)cc2C)c1C. The first-order valence-corrected chi connectivity index (χ1v) is 9.69. The fraction of sp³-hybridized carbons (Fsp3) is 0.522. The second-order valence-corrected chi connectivity index (χ2v) is 7.62. The first-order valence-electron chi connectivity index (χ1n) is 9.69. The molecule has 0 fully saturated rings. The topological polar surface area (TPSA) is 58.8 Å². The Morgan fingerprint density at radius 3 is 2.07 bits per heavy atom. The van der Waals surface area contributed by atoms with Crippen LogP contribution in [0.4, 0.5) is 0 Å². The number of aryl methyl sites for hydroxylation is 4. The van der Waals surface area contributed by atoms with Gasteiger partial charge in [-0.1, -0.05) is 31.5 Å². The zero-order valence-electron chi connectivity index (χ0n) is 17.9. The van der Waals surface area contributed by atoms with Gasteiger partial charge in [-0.15, -0.1) is 0 Å². The van der Waals surface area contributed by atoms with E-state index in [4.69, 9.17) is 9.72 Å². The monoisotopic (exact) mass is 365 g/mol. The summed E-state index contributed by atoms with van der Waals surface area (Å²) in [5, 5.41) is 10.2. The van der Waals surface area contributed by atoms with Crippen LogP contribution >= 0.6 is 0 Å². The Hall–Kier alpha value is -2.41. The molecule has 2 aromatic rings. The Morgan fingerprint density at radius 1 is 1.04 bits per heavy atom. The van der Waals surface area contributed by atoms with Crippen molar-refractivity contribution in [2.75, 3.05) is 0 Å². The van der Waals surface area contributed by atoms with E-state index in [2.05, 4.69) is 57.8 Å². The number of hydrogen-bond acceptors (Lipinski definition) is 4. The fourth-order valence-electron chi connectivity index (χ4n) is 4.01. The van der Waals surface area contributed by atoms with E-state index in [-0.39, 0.29) is 6.10 Å². The Morgan fingerprint density at radius 2 is 1.59 bits per heavy atom. The van der Waals surface area contributed by atoms with Gasteiger partial charge in [-0.25, -0.2) is 4.98 Å². The Bertz CT molecular complexity index is 855. The lowest BCUT2D eigenvalue weighted by molar-refractivity contribution is 0.182. The molecule has 0 aliphatic heterocycles. The van der Waals surface area contributed by atoms with Crippen molar-refractivity contribution in [3.63, 3.8) is 0 Å². The number of hydrogen-bond donors (Lipinski definition) is 0. The maximum absolute atomic E-state index is 10.2. The average Bonchev–Trinajstić information content (AvgIpc) is 2.60. The van der Waals surface area contributed by atoms with Gasteiger partial charge in [0.05, 0.1) is 17.9 Å². The van der Waals surface area contributed by atoms with Crippen LogP contribution < -0.4 is 4.74 Å². The van der Waals surface area contributed by atoms with E-state index in [1.54, 1.807) is 0 Å². The molecular weight excluding hydrogens is 334 g/mol. The third kappa shape index (κ3) is 3.98. The van der Waals surface area contributed by atoms with Crippen LogP contribution in [0.25, 0.3) is 0 Å². The van der Waals surface area contributed by atoms with Crippen molar-refractivity contribution in [1.82, 2.24) is 9.97 Å². The molecule has 0 N–H and O–H groups in total. The molecule has 1 aromatic carbocycles. The number of aromatic nitrogens is 2. The number of benzene rings is 1. The predicted octanol–water partition coefficient (Wildman–Crippen LogP) is 5.42. The molecule has 0 radical (unpaired) electrons. The normalized spacial score (nSPS) is 13.3. The van der Waals surface area contributed by atoms with Crippen molar-refractivity contribution in [1.29, 1.82) is 5.26 Å². The van der Waals surface area contributed by atoms with E-state index < -0.39 is 5.41 Å². The summed E-state index contributed by atoms with van der Waals surface area (Å²) in [6.07, 6.45) is 1.95. The standard InChI is InChI=1S/C23H31N3O/c1-9-19(10-2)27-22-17(6)21(25-18(7)26-22)23(8,13-24)20-15(4)11-14(3)12-16(20)5/h11-12,19H,9-10H2,1-8H3.